The molecule has 2 radical (unpaired) electrons. The van der Waals surface area contributed by atoms with E-state index in [-0.39, 0.29) is 24.4 Å². The van der Waals surface area contributed by atoms with Crippen LogP contribution in [0.25, 0.3) is 0 Å². The van der Waals surface area contributed by atoms with E-state index < -0.39 is 23.3 Å². The maximum Gasteiger partial charge on any atom is 0.223 e. The van der Waals surface area contributed by atoms with E-state index in [0.717, 1.165) is 17.2 Å². The van der Waals surface area contributed by atoms with Gasteiger partial charge in [-0.15, -0.1) is 0 Å². The second-order valence-corrected chi connectivity index (χ2v) is 11.0. The number of rotatable bonds is 12. The summed E-state index contributed by atoms with van der Waals surface area (Å²) in [5.74, 6) is -2.61. The highest BCUT2D eigenvalue weighted by Gasteiger charge is 2.37. The zero-order valence-corrected chi connectivity index (χ0v) is 23.6. The minimum atomic E-state index is -0.648. The third kappa shape index (κ3) is 7.80. The summed E-state index contributed by atoms with van der Waals surface area (Å²) in [4.78, 5) is 27.6. The molecule has 1 N–H and O–H groups in total. The number of carbonyl (C=O) groups excluding carboxylic acids is 2. The van der Waals surface area contributed by atoms with E-state index in [0.29, 0.717) is 48.3 Å². The topological polar surface area (TPSA) is 52.7 Å². The zero-order valence-electron chi connectivity index (χ0n) is 22.1. The molecule has 0 aromatic heterocycles. The van der Waals surface area contributed by atoms with Crippen molar-refractivity contribution in [2.75, 3.05) is 31.1 Å². The monoisotopic (exact) mass is 585 g/mol. The van der Waals surface area contributed by atoms with Crippen molar-refractivity contribution in [1.82, 2.24) is 10.2 Å². The van der Waals surface area contributed by atoms with Crippen LogP contribution in [0.3, 0.4) is 0 Å². The van der Waals surface area contributed by atoms with Crippen LogP contribution in [0, 0.1) is 24.5 Å². The molecular weight excluding hydrogens is 555 g/mol. The average Bonchev–Trinajstić information content (AvgIpc) is 2.87. The van der Waals surface area contributed by atoms with Crippen LogP contribution in [0.1, 0.15) is 36.9 Å². The largest absolute Gasteiger partial charge is 0.366 e. The van der Waals surface area contributed by atoms with Crippen LogP contribution in [0.5, 0.6) is 0 Å². The van der Waals surface area contributed by atoms with Gasteiger partial charge in [0.15, 0.2) is 0 Å². The highest BCUT2D eigenvalue weighted by atomic mass is 35.5. The Morgan fingerprint density at radius 1 is 0.975 bits per heavy atom. The number of benzene rings is 3. The van der Waals surface area contributed by atoms with Crippen molar-refractivity contribution in [3.8, 4) is 0 Å². The lowest BCUT2D eigenvalue weighted by atomic mass is 9.92. The fourth-order valence-electron chi connectivity index (χ4n) is 5.06. The lowest BCUT2D eigenvalue weighted by Crippen LogP contribution is -2.60. The fraction of sp³-hybridized carbons (Fsp3) is 0.323. The number of hydrogen-bond acceptors (Lipinski definition) is 4. The van der Waals surface area contributed by atoms with Gasteiger partial charge in [-0.25, -0.2) is 8.78 Å². The number of Topliss-reactive ketones (excluding diaryl/α,β-unsaturated/α-hetero) is 1. The van der Waals surface area contributed by atoms with Crippen molar-refractivity contribution < 1.29 is 18.4 Å². The smallest absolute Gasteiger partial charge is 0.223 e. The van der Waals surface area contributed by atoms with E-state index in [2.05, 4.69) is 10.2 Å². The molecule has 0 bridgehead atoms. The van der Waals surface area contributed by atoms with Gasteiger partial charge in [0.2, 0.25) is 5.91 Å². The first-order valence-corrected chi connectivity index (χ1v) is 13.9. The minimum Gasteiger partial charge on any atom is -0.366 e. The van der Waals surface area contributed by atoms with Crippen LogP contribution in [-0.2, 0) is 9.59 Å². The molecule has 1 unspecified atom stereocenters. The second-order valence-electron chi connectivity index (χ2n) is 10.2. The van der Waals surface area contributed by atoms with Crippen LogP contribution in [0.2, 0.25) is 10.0 Å². The quantitative estimate of drug-likeness (QED) is 0.251. The maximum absolute atomic E-state index is 14.2. The average molecular weight is 587 g/mol. The fourth-order valence-corrected chi connectivity index (χ4v) is 5.31. The van der Waals surface area contributed by atoms with Crippen LogP contribution in [0.15, 0.2) is 66.7 Å². The van der Waals surface area contributed by atoms with Crippen LogP contribution < -0.4 is 10.2 Å². The Balaban J connectivity index is 1.48. The van der Waals surface area contributed by atoms with Gasteiger partial charge in [0, 0.05) is 67.2 Å². The normalized spacial score (nSPS) is 14.6. The minimum absolute atomic E-state index is 0.00668. The number of carbonyl (C=O) groups is 2. The number of anilines is 1. The van der Waals surface area contributed by atoms with E-state index in [4.69, 9.17) is 30.1 Å². The Bertz CT molecular complexity index is 1250. The van der Waals surface area contributed by atoms with Crippen molar-refractivity contribution in [2.24, 2.45) is 5.92 Å². The second kappa shape index (κ2) is 13.6. The Morgan fingerprint density at radius 2 is 1.50 bits per heavy atom. The standard InChI is InChI=1S/C31H31Cl2F2N3O2/c1-20(14-21(2)39)31(40)36-12-3-13-38(28-16-26(34)15-27(35)17-28)29-18-37(19-29)30(22-4-8-24(32)9-5-22)23-6-10-25(33)11-7-23/h2,4-11,15-17,20,29-30H,3,12-14,18-19H2,1H3,(H,36,40). The molecule has 5 nitrogen and oxygen atoms in total. The van der Waals surface area contributed by atoms with Gasteiger partial charge in [0.1, 0.15) is 17.4 Å². The first-order valence-electron chi connectivity index (χ1n) is 13.1. The summed E-state index contributed by atoms with van der Waals surface area (Å²) < 4.78 is 28.4. The third-order valence-corrected chi connectivity index (χ3v) is 7.58. The number of nitrogens with one attached hydrogen (secondary N) is 1. The molecule has 0 saturated carbocycles. The summed E-state index contributed by atoms with van der Waals surface area (Å²) in [7, 11) is 0. The van der Waals surface area contributed by atoms with Crippen molar-refractivity contribution in [3.05, 3.63) is 106 Å². The molecule has 1 heterocycles. The molecule has 1 amide bonds. The molecule has 3 aromatic rings. The van der Waals surface area contributed by atoms with Gasteiger partial charge >= 0.3 is 0 Å². The van der Waals surface area contributed by atoms with Gasteiger partial charge in [-0.1, -0.05) is 54.4 Å². The third-order valence-electron chi connectivity index (χ3n) is 7.08. The molecule has 210 valence electrons. The lowest BCUT2D eigenvalue weighted by molar-refractivity contribution is -0.127. The van der Waals surface area contributed by atoms with Crippen molar-refractivity contribution >= 4 is 40.6 Å². The van der Waals surface area contributed by atoms with Gasteiger partial charge in [0.05, 0.1) is 12.1 Å². The number of nitrogens with zero attached hydrogens (tertiary/aromatic N) is 2. The highest BCUT2D eigenvalue weighted by Crippen LogP contribution is 2.36. The molecule has 1 atom stereocenters. The lowest BCUT2D eigenvalue weighted by Gasteiger charge is -2.50. The Morgan fingerprint density at radius 3 is 2.00 bits per heavy atom. The maximum atomic E-state index is 14.2. The Kier molecular flexibility index (Phi) is 10.2. The molecule has 0 aliphatic carbocycles. The number of amides is 1. The predicted molar refractivity (Wildman–Crippen MR) is 155 cm³/mol. The number of ketones is 1. The zero-order chi connectivity index (χ0) is 28.8. The van der Waals surface area contributed by atoms with Gasteiger partial charge < -0.3 is 10.2 Å². The van der Waals surface area contributed by atoms with Crippen LogP contribution in [-0.4, -0.2) is 48.8 Å². The molecule has 40 heavy (non-hydrogen) atoms. The van der Waals surface area contributed by atoms with E-state index >= 15 is 0 Å². The van der Waals surface area contributed by atoms with Crippen LogP contribution >= 0.6 is 23.2 Å². The number of halogens is 4. The van der Waals surface area contributed by atoms with Crippen molar-refractivity contribution in [1.29, 1.82) is 0 Å². The molecule has 0 spiro atoms. The molecule has 3 aromatic carbocycles. The van der Waals surface area contributed by atoms with Gasteiger partial charge in [-0.05, 0) is 53.9 Å². The number of hydrogen-bond donors (Lipinski definition) is 1. The molecule has 1 aliphatic heterocycles. The molecule has 4 rings (SSSR count). The molecule has 1 aliphatic rings. The van der Waals surface area contributed by atoms with Crippen molar-refractivity contribution in [2.45, 2.75) is 31.8 Å². The highest BCUT2D eigenvalue weighted by molar-refractivity contribution is 6.30. The summed E-state index contributed by atoms with van der Waals surface area (Å²) in [6.07, 6.45) is 0.516. The SMILES string of the molecule is [CH]C(=O)CC(C)C(=O)NCCCN(c1cc(F)cc(F)c1)C1CN(C(c2ccc(Cl)cc2)c2ccc(Cl)cc2)C1. The van der Waals surface area contributed by atoms with E-state index in [1.165, 1.54) is 12.1 Å². The predicted octanol–water partition coefficient (Wildman–Crippen LogP) is 6.36. The van der Waals surface area contributed by atoms with Gasteiger partial charge in [-0.3, -0.25) is 14.5 Å². The summed E-state index contributed by atoms with van der Waals surface area (Å²) in [5.41, 5.74) is 2.59. The van der Waals surface area contributed by atoms with Crippen LogP contribution in [0.4, 0.5) is 14.5 Å². The molecule has 9 heteroatoms. The van der Waals surface area contributed by atoms with E-state index in [1.807, 2.05) is 53.4 Å². The van der Waals surface area contributed by atoms with E-state index in [1.54, 1.807) is 6.92 Å². The molecule has 1 fully saturated rings. The van der Waals surface area contributed by atoms with Gasteiger partial charge in [-0.2, -0.15) is 0 Å². The summed E-state index contributed by atoms with van der Waals surface area (Å²) >= 11 is 12.3. The van der Waals surface area contributed by atoms with Crippen molar-refractivity contribution in [3.63, 3.8) is 0 Å². The molecule has 1 saturated heterocycles. The first-order chi connectivity index (χ1) is 19.1. The summed E-state index contributed by atoms with van der Waals surface area (Å²) in [5, 5.41) is 4.12. The Labute approximate surface area is 244 Å². The molecular formula is C31H31Cl2F2N3O2. The summed E-state index contributed by atoms with van der Waals surface area (Å²) in [6.45, 7) is 8.95. The first kappa shape index (κ1) is 30.0. The Hall–Kier alpha value is -3.00. The van der Waals surface area contributed by atoms with Gasteiger partial charge in [0.25, 0.3) is 0 Å². The number of likely N-dealkylation sites (tertiary alicyclic amines) is 1. The van der Waals surface area contributed by atoms with E-state index in [9.17, 15) is 18.4 Å². The summed E-state index contributed by atoms with van der Waals surface area (Å²) in [6, 6.07) is 18.9.